The molecule has 3 N–H and O–H groups in total. The van der Waals surface area contributed by atoms with Gasteiger partial charge in [-0.2, -0.15) is 0 Å². The van der Waals surface area contributed by atoms with Gasteiger partial charge in [0.15, 0.2) is 0 Å². The van der Waals surface area contributed by atoms with E-state index < -0.39 is 12.1 Å². The van der Waals surface area contributed by atoms with Crippen LogP contribution >= 0.6 is 0 Å². The summed E-state index contributed by atoms with van der Waals surface area (Å²) in [7, 11) is 0. The second-order valence-electron chi connectivity index (χ2n) is 3.14. The van der Waals surface area contributed by atoms with Gasteiger partial charge in [-0.15, -0.1) is 0 Å². The molecule has 1 heterocycles. The first-order valence-electron chi connectivity index (χ1n) is 4.24. The van der Waals surface area contributed by atoms with Gasteiger partial charge in [0, 0.05) is 6.20 Å². The van der Waals surface area contributed by atoms with E-state index in [-0.39, 0.29) is 18.8 Å². The zero-order chi connectivity index (χ0) is 10.7. The van der Waals surface area contributed by atoms with Crippen molar-refractivity contribution in [3.05, 3.63) is 23.5 Å². The van der Waals surface area contributed by atoms with Crippen molar-refractivity contribution in [1.29, 1.82) is 0 Å². The zero-order valence-electron chi connectivity index (χ0n) is 7.84. The van der Waals surface area contributed by atoms with Crippen LogP contribution in [0.1, 0.15) is 16.1 Å². The number of carboxylic acid groups (broad SMARTS) is 1. The molecule has 1 aromatic heterocycles. The predicted molar refractivity (Wildman–Crippen MR) is 49.2 cm³/mol. The maximum absolute atomic E-state index is 10.8. The highest BCUT2D eigenvalue weighted by Crippen LogP contribution is 2.10. The van der Waals surface area contributed by atoms with E-state index in [2.05, 4.69) is 0 Å². The van der Waals surface area contributed by atoms with Gasteiger partial charge in [-0.25, -0.2) is 4.79 Å². The topological polar surface area (TPSA) is 82.7 Å². The summed E-state index contributed by atoms with van der Waals surface area (Å²) < 4.78 is 1.42. The van der Waals surface area contributed by atoms with Crippen LogP contribution in [0, 0.1) is 6.92 Å². The van der Waals surface area contributed by atoms with Crippen LogP contribution in [0.25, 0.3) is 0 Å². The van der Waals surface area contributed by atoms with Crippen LogP contribution in [0.5, 0.6) is 0 Å². The van der Waals surface area contributed by atoms with Crippen molar-refractivity contribution in [2.45, 2.75) is 19.6 Å². The van der Waals surface area contributed by atoms with Crippen molar-refractivity contribution < 1.29 is 20.1 Å². The molecule has 0 bridgehead atoms. The fraction of sp³-hybridized carbons (Fsp3) is 0.444. The number of nitrogens with zero attached hydrogens (tertiary/aromatic N) is 1. The van der Waals surface area contributed by atoms with E-state index in [4.69, 9.17) is 15.3 Å². The second kappa shape index (κ2) is 4.26. The summed E-state index contributed by atoms with van der Waals surface area (Å²) in [5.74, 6) is -1.03. The third-order valence-electron chi connectivity index (χ3n) is 1.99. The number of aromatic carboxylic acids is 1. The summed E-state index contributed by atoms with van der Waals surface area (Å²) in [5, 5.41) is 26.6. The standard InChI is InChI=1S/C9H13NO4/c1-6-2-3-10(4-7(12)5-11)8(6)9(13)14/h2-3,7,11-12H,4-5H2,1H3,(H,13,14). The molecule has 5 heteroatoms. The van der Waals surface area contributed by atoms with Crippen molar-refractivity contribution in [2.75, 3.05) is 6.61 Å². The molecule has 1 unspecified atom stereocenters. The van der Waals surface area contributed by atoms with Crippen LogP contribution in [0.15, 0.2) is 12.3 Å². The number of aliphatic hydroxyl groups excluding tert-OH is 2. The van der Waals surface area contributed by atoms with Gasteiger partial charge >= 0.3 is 5.97 Å². The van der Waals surface area contributed by atoms with Gasteiger partial charge in [-0.3, -0.25) is 0 Å². The largest absolute Gasteiger partial charge is 0.477 e. The summed E-state index contributed by atoms with van der Waals surface area (Å²) in [4.78, 5) is 10.8. The van der Waals surface area contributed by atoms with Gasteiger partial charge in [-0.1, -0.05) is 0 Å². The molecular weight excluding hydrogens is 186 g/mol. The van der Waals surface area contributed by atoms with E-state index in [1.54, 1.807) is 19.2 Å². The smallest absolute Gasteiger partial charge is 0.352 e. The van der Waals surface area contributed by atoms with Crippen LogP contribution in [0.4, 0.5) is 0 Å². The molecule has 0 aliphatic carbocycles. The molecule has 0 aromatic carbocycles. The first-order valence-corrected chi connectivity index (χ1v) is 4.24. The van der Waals surface area contributed by atoms with Crippen molar-refractivity contribution in [3.63, 3.8) is 0 Å². The number of aromatic nitrogens is 1. The lowest BCUT2D eigenvalue weighted by atomic mass is 10.2. The number of hydrogen-bond acceptors (Lipinski definition) is 3. The average Bonchev–Trinajstić information content (AvgIpc) is 2.46. The van der Waals surface area contributed by atoms with Gasteiger partial charge in [0.1, 0.15) is 5.69 Å². The molecule has 5 nitrogen and oxygen atoms in total. The summed E-state index contributed by atoms with van der Waals surface area (Å²) in [5.41, 5.74) is 0.792. The molecule has 0 amide bonds. The zero-order valence-corrected chi connectivity index (χ0v) is 7.84. The maximum atomic E-state index is 10.8. The van der Waals surface area contributed by atoms with E-state index in [1.807, 2.05) is 0 Å². The molecule has 14 heavy (non-hydrogen) atoms. The van der Waals surface area contributed by atoms with Gasteiger partial charge in [0.2, 0.25) is 0 Å². The molecule has 1 rings (SSSR count). The first-order chi connectivity index (χ1) is 6.56. The van der Waals surface area contributed by atoms with Crippen molar-refractivity contribution in [2.24, 2.45) is 0 Å². The van der Waals surface area contributed by atoms with E-state index in [9.17, 15) is 4.79 Å². The highest BCUT2D eigenvalue weighted by atomic mass is 16.4. The van der Waals surface area contributed by atoms with Crippen molar-refractivity contribution in [3.8, 4) is 0 Å². The lowest BCUT2D eigenvalue weighted by molar-refractivity contribution is 0.0654. The molecule has 1 aromatic rings. The molecule has 0 saturated heterocycles. The number of carbonyl (C=O) groups is 1. The number of hydrogen-bond donors (Lipinski definition) is 3. The number of rotatable bonds is 4. The Balaban J connectivity index is 2.92. The minimum atomic E-state index is -1.03. The van der Waals surface area contributed by atoms with Crippen LogP contribution in [-0.4, -0.2) is 38.6 Å². The monoisotopic (exact) mass is 199 g/mol. The van der Waals surface area contributed by atoms with Crippen molar-refractivity contribution >= 4 is 5.97 Å². The van der Waals surface area contributed by atoms with E-state index in [0.29, 0.717) is 5.56 Å². The Kier molecular flexibility index (Phi) is 3.27. The summed E-state index contributed by atoms with van der Waals surface area (Å²) >= 11 is 0. The Labute approximate surface area is 81.2 Å². The van der Waals surface area contributed by atoms with E-state index in [1.165, 1.54) is 4.57 Å². The summed E-state index contributed by atoms with van der Waals surface area (Å²) in [6.45, 7) is 1.40. The number of aryl methyl sites for hydroxylation is 1. The molecule has 78 valence electrons. The van der Waals surface area contributed by atoms with Crippen molar-refractivity contribution in [1.82, 2.24) is 4.57 Å². The third-order valence-corrected chi connectivity index (χ3v) is 1.99. The molecule has 0 fully saturated rings. The molecule has 0 spiro atoms. The summed E-state index contributed by atoms with van der Waals surface area (Å²) in [6.07, 6.45) is 0.650. The molecular formula is C9H13NO4. The maximum Gasteiger partial charge on any atom is 0.352 e. The van der Waals surface area contributed by atoms with E-state index in [0.717, 1.165) is 0 Å². The molecule has 1 atom stereocenters. The van der Waals surface area contributed by atoms with Crippen LogP contribution < -0.4 is 0 Å². The Morgan fingerprint density at radius 3 is 2.79 bits per heavy atom. The van der Waals surface area contributed by atoms with Gasteiger partial charge < -0.3 is 19.9 Å². The molecule has 0 aliphatic heterocycles. The normalized spacial score (nSPS) is 12.8. The Bertz CT molecular complexity index is 332. The highest BCUT2D eigenvalue weighted by Gasteiger charge is 2.14. The lowest BCUT2D eigenvalue weighted by Gasteiger charge is -2.10. The Hall–Kier alpha value is -1.33. The van der Waals surface area contributed by atoms with Gasteiger partial charge in [-0.05, 0) is 18.6 Å². The molecule has 0 aliphatic rings. The van der Waals surface area contributed by atoms with Crippen LogP contribution in [0.3, 0.4) is 0 Å². The highest BCUT2D eigenvalue weighted by molar-refractivity contribution is 5.87. The second-order valence-corrected chi connectivity index (χ2v) is 3.14. The number of carboxylic acids is 1. The predicted octanol–water partition coefficient (Wildman–Crippen LogP) is -0.152. The SMILES string of the molecule is Cc1ccn(CC(O)CO)c1C(=O)O. The minimum absolute atomic E-state index is 0.0893. The minimum Gasteiger partial charge on any atom is -0.477 e. The third kappa shape index (κ3) is 2.12. The molecule has 0 saturated carbocycles. The molecule has 0 radical (unpaired) electrons. The van der Waals surface area contributed by atoms with Gasteiger partial charge in [0.25, 0.3) is 0 Å². The Morgan fingerprint density at radius 2 is 2.29 bits per heavy atom. The quantitative estimate of drug-likeness (QED) is 0.629. The number of aliphatic hydroxyl groups is 2. The first kappa shape index (κ1) is 10.7. The Morgan fingerprint density at radius 1 is 1.64 bits per heavy atom. The van der Waals surface area contributed by atoms with Crippen LogP contribution in [-0.2, 0) is 6.54 Å². The van der Waals surface area contributed by atoms with E-state index >= 15 is 0 Å². The van der Waals surface area contributed by atoms with Gasteiger partial charge in [0.05, 0.1) is 19.3 Å². The lowest BCUT2D eigenvalue weighted by Crippen LogP contribution is -2.22. The summed E-state index contributed by atoms with van der Waals surface area (Å²) in [6, 6.07) is 1.66. The fourth-order valence-electron chi connectivity index (χ4n) is 1.31. The van der Waals surface area contributed by atoms with Crippen LogP contribution in [0.2, 0.25) is 0 Å². The average molecular weight is 199 g/mol. The fourth-order valence-corrected chi connectivity index (χ4v) is 1.31.